The van der Waals surface area contributed by atoms with Gasteiger partial charge in [0.25, 0.3) is 0 Å². The van der Waals surface area contributed by atoms with E-state index in [9.17, 15) is 29.7 Å². The summed E-state index contributed by atoms with van der Waals surface area (Å²) in [5.74, 6) is -1.49. The van der Waals surface area contributed by atoms with E-state index >= 15 is 0 Å². The summed E-state index contributed by atoms with van der Waals surface area (Å²) in [7, 11) is 0. The van der Waals surface area contributed by atoms with E-state index in [4.69, 9.17) is 37.9 Å². The number of hydrogen-bond acceptors (Lipinski definition) is 14. The Kier molecular flexibility index (Phi) is 13.9. The van der Waals surface area contributed by atoms with Gasteiger partial charge in [-0.25, -0.2) is 0 Å². The molecule has 14 heteroatoms. The SMILES string of the molecule is CC(=O)OCC1(C)OC(C)(COCC2(C)C(C)(COC(C)=O)OC(C)(COCC3(C)C(C)(COC(C)=O)OC(C)(C)C(C)(C)C3(C)O)C(C)(C)C2(C)O)C(C)(C)C(C)(O)C1(C)C. The lowest BCUT2D eigenvalue weighted by molar-refractivity contribution is -0.395. The average Bonchev–Trinajstić information content (AvgIpc) is 3.09. The van der Waals surface area contributed by atoms with Crippen LogP contribution >= 0.6 is 0 Å². The first-order chi connectivity index (χ1) is 27.3. The van der Waals surface area contributed by atoms with E-state index in [-0.39, 0.29) is 46.2 Å². The zero-order valence-electron chi connectivity index (χ0n) is 42.8. The molecule has 0 amide bonds. The van der Waals surface area contributed by atoms with Gasteiger partial charge in [0.2, 0.25) is 0 Å². The third kappa shape index (κ3) is 7.58. The minimum absolute atomic E-state index is 0.0438. The van der Waals surface area contributed by atoms with Crippen LogP contribution in [0.4, 0.5) is 0 Å². The molecule has 0 aliphatic carbocycles. The maximum absolute atomic E-state index is 13.1. The Balaban J connectivity index is 2.07. The second-order valence-electron chi connectivity index (χ2n) is 23.7. The molecular weight excluding hydrogens is 801 g/mol. The smallest absolute Gasteiger partial charge is 0.302 e. The fourth-order valence-corrected chi connectivity index (χ4v) is 10.8. The van der Waals surface area contributed by atoms with Crippen molar-refractivity contribution >= 4 is 17.9 Å². The van der Waals surface area contributed by atoms with Crippen molar-refractivity contribution in [3.05, 3.63) is 0 Å². The summed E-state index contributed by atoms with van der Waals surface area (Å²) < 4.78 is 51.1. The molecule has 14 nitrogen and oxygen atoms in total. The van der Waals surface area contributed by atoms with Crippen LogP contribution < -0.4 is 0 Å². The highest BCUT2D eigenvalue weighted by atomic mass is 16.6. The Labute approximate surface area is 373 Å². The van der Waals surface area contributed by atoms with Crippen molar-refractivity contribution in [2.24, 2.45) is 32.5 Å². The number of hydrogen-bond donors (Lipinski definition) is 3. The summed E-state index contributed by atoms with van der Waals surface area (Å²) in [5, 5.41) is 38.1. The Morgan fingerprint density at radius 3 is 0.952 bits per heavy atom. The Hall–Kier alpha value is -1.91. The molecule has 3 N–H and O–H groups in total. The van der Waals surface area contributed by atoms with Gasteiger partial charge >= 0.3 is 17.9 Å². The van der Waals surface area contributed by atoms with Crippen molar-refractivity contribution < 1.29 is 67.6 Å². The monoisotopic (exact) mass is 887 g/mol. The molecule has 0 aromatic rings. The molecule has 0 aromatic carbocycles. The summed E-state index contributed by atoms with van der Waals surface area (Å²) in [6, 6.07) is 0. The van der Waals surface area contributed by atoms with Crippen LogP contribution in [-0.4, -0.2) is 130 Å². The Morgan fingerprint density at radius 2 is 0.613 bits per heavy atom. The van der Waals surface area contributed by atoms with E-state index in [0.717, 1.165) is 0 Å². The van der Waals surface area contributed by atoms with E-state index in [0.29, 0.717) is 0 Å². The lowest BCUT2D eigenvalue weighted by atomic mass is 9.48. The van der Waals surface area contributed by atoms with Crippen LogP contribution in [-0.2, 0) is 52.3 Å². The van der Waals surface area contributed by atoms with Crippen LogP contribution in [0.3, 0.4) is 0 Å². The van der Waals surface area contributed by atoms with Crippen LogP contribution in [0.25, 0.3) is 0 Å². The van der Waals surface area contributed by atoms with Crippen LogP contribution in [0.15, 0.2) is 0 Å². The molecule has 10 atom stereocenters. The molecule has 0 bridgehead atoms. The van der Waals surface area contributed by atoms with Crippen molar-refractivity contribution in [1.29, 1.82) is 0 Å². The van der Waals surface area contributed by atoms with Crippen LogP contribution in [0.5, 0.6) is 0 Å². The Bertz CT molecular complexity index is 1710. The lowest BCUT2D eigenvalue weighted by Gasteiger charge is -2.70. The van der Waals surface area contributed by atoms with E-state index in [1.54, 1.807) is 27.7 Å². The number of ether oxygens (including phenoxy) is 8. The number of aliphatic hydroxyl groups is 3. The summed E-state index contributed by atoms with van der Waals surface area (Å²) >= 11 is 0. The van der Waals surface area contributed by atoms with Crippen molar-refractivity contribution in [1.82, 2.24) is 0 Å². The maximum Gasteiger partial charge on any atom is 0.302 e. The second-order valence-corrected chi connectivity index (χ2v) is 23.7. The first-order valence-corrected chi connectivity index (χ1v) is 22.1. The van der Waals surface area contributed by atoms with Crippen LogP contribution in [0.1, 0.15) is 159 Å². The first kappa shape index (κ1) is 54.4. The second kappa shape index (κ2) is 15.9. The minimum atomic E-state index is -1.62. The van der Waals surface area contributed by atoms with Crippen molar-refractivity contribution in [2.75, 3.05) is 46.2 Å². The fraction of sp³-hybridized carbons (Fsp3) is 0.938. The van der Waals surface area contributed by atoms with Gasteiger partial charge in [-0.3, -0.25) is 14.4 Å². The van der Waals surface area contributed by atoms with Gasteiger partial charge in [-0.2, -0.15) is 0 Å². The van der Waals surface area contributed by atoms with Gasteiger partial charge in [0.05, 0.1) is 70.9 Å². The predicted octanol–water partition coefficient (Wildman–Crippen LogP) is 6.74. The molecule has 3 aliphatic rings. The first-order valence-electron chi connectivity index (χ1n) is 22.1. The highest BCUT2D eigenvalue weighted by Crippen LogP contribution is 2.66. The molecule has 0 saturated carbocycles. The normalized spacial score (nSPS) is 44.2. The third-order valence-corrected chi connectivity index (χ3v) is 19.4. The zero-order chi connectivity index (χ0) is 48.8. The molecule has 3 heterocycles. The zero-order valence-corrected chi connectivity index (χ0v) is 42.8. The quantitative estimate of drug-likeness (QED) is 0.123. The van der Waals surface area contributed by atoms with Crippen LogP contribution in [0, 0.1) is 32.5 Å². The maximum atomic E-state index is 13.1. The molecule has 0 aromatic heterocycles. The van der Waals surface area contributed by atoms with Gasteiger partial charge < -0.3 is 53.2 Å². The molecule has 362 valence electrons. The summed E-state index contributed by atoms with van der Waals surface area (Å²) in [4.78, 5) is 36.6. The van der Waals surface area contributed by atoms with Gasteiger partial charge in [-0.1, -0.05) is 69.2 Å². The molecule has 0 spiro atoms. The standard InChI is InChI=1S/C48H86O14/c1-31(49)57-28-43(18)36(8,9)46(21,52)35(6,7)41(16,61-43)26-56-25-40(15)45(20,30-59-33(3)51)62-42(17,37(10,11)48(40,23)54)27-55-24-39(14)44(19,29-58-32(2)50)60-38(12,13)34(4,5)47(39,22)53/h52-54H,24-30H2,1-23H3. The molecule has 0 radical (unpaired) electrons. The van der Waals surface area contributed by atoms with Gasteiger partial charge in [-0.15, -0.1) is 0 Å². The highest BCUT2D eigenvalue weighted by Gasteiger charge is 2.75. The number of esters is 3. The topological polar surface area (TPSA) is 186 Å². The van der Waals surface area contributed by atoms with Crippen molar-refractivity contribution in [2.45, 2.75) is 210 Å². The molecule has 3 rings (SSSR count). The average molecular weight is 887 g/mol. The minimum Gasteiger partial charge on any atom is -0.463 e. The molecule has 3 saturated heterocycles. The van der Waals surface area contributed by atoms with E-state index in [2.05, 4.69) is 0 Å². The largest absolute Gasteiger partial charge is 0.463 e. The number of rotatable bonds is 14. The van der Waals surface area contributed by atoms with Crippen molar-refractivity contribution in [3.8, 4) is 0 Å². The lowest BCUT2D eigenvalue weighted by Crippen LogP contribution is -2.80. The van der Waals surface area contributed by atoms with Crippen LogP contribution in [0.2, 0.25) is 0 Å². The number of carbonyl (C=O) groups excluding carboxylic acids is 3. The van der Waals surface area contributed by atoms with Gasteiger partial charge in [0.1, 0.15) is 36.6 Å². The predicted molar refractivity (Wildman–Crippen MR) is 234 cm³/mol. The van der Waals surface area contributed by atoms with E-state index < -0.39 is 101 Å². The third-order valence-electron chi connectivity index (χ3n) is 19.4. The van der Waals surface area contributed by atoms with E-state index in [1.165, 1.54) is 20.8 Å². The summed E-state index contributed by atoms with van der Waals surface area (Å²) in [6.45, 7) is 40.5. The van der Waals surface area contributed by atoms with Gasteiger partial charge in [-0.05, 0) is 69.2 Å². The van der Waals surface area contributed by atoms with Crippen molar-refractivity contribution in [3.63, 3.8) is 0 Å². The summed E-state index contributed by atoms with van der Waals surface area (Å²) in [6.07, 6.45) is 0. The molecule has 62 heavy (non-hydrogen) atoms. The summed E-state index contributed by atoms with van der Waals surface area (Å²) in [5.41, 5.74) is -17.6. The van der Waals surface area contributed by atoms with Gasteiger partial charge in [0.15, 0.2) is 0 Å². The molecule has 10 unspecified atom stereocenters. The molecular formula is C48H86O14. The van der Waals surface area contributed by atoms with Gasteiger partial charge in [0, 0.05) is 42.4 Å². The Morgan fingerprint density at radius 1 is 0.355 bits per heavy atom. The molecule has 3 aliphatic heterocycles. The fourth-order valence-electron chi connectivity index (χ4n) is 10.8. The number of carbonyl (C=O) groups is 3. The highest BCUT2D eigenvalue weighted by molar-refractivity contribution is 5.66. The van der Waals surface area contributed by atoms with E-state index in [1.807, 2.05) is 111 Å². The molecule has 3 fully saturated rings.